The lowest BCUT2D eigenvalue weighted by Gasteiger charge is -2.31. The number of para-hydroxylation sites is 1. The molecular formula is C20H24N2O2S. The predicted octanol–water partition coefficient (Wildman–Crippen LogP) is 5.09. The third-order valence-corrected chi connectivity index (χ3v) is 5.19. The van der Waals surface area contributed by atoms with Gasteiger partial charge >= 0.3 is 6.03 Å². The molecular weight excluding hydrogens is 332 g/mol. The second-order valence-electron chi connectivity index (χ2n) is 6.26. The molecule has 0 aliphatic carbocycles. The number of thioether (sulfide) groups is 1. The Morgan fingerprint density at radius 2 is 1.72 bits per heavy atom. The molecule has 0 aromatic heterocycles. The summed E-state index contributed by atoms with van der Waals surface area (Å²) < 4.78 is 5.76. The van der Waals surface area contributed by atoms with Crippen LogP contribution in [0.4, 0.5) is 10.5 Å². The predicted molar refractivity (Wildman–Crippen MR) is 105 cm³/mol. The summed E-state index contributed by atoms with van der Waals surface area (Å²) in [6.07, 6.45) is 4.33. The Morgan fingerprint density at radius 1 is 1.08 bits per heavy atom. The number of urea groups is 1. The second kappa shape index (κ2) is 8.81. The standard InChI is InChI=1S/C20H24N2O2S/c1-25-15-16-11-13-22(14-12-16)20(23)21-17-7-9-19(10-8-17)24-18-5-3-2-4-6-18/h2-10,16H,11-15H2,1H3,(H,21,23). The normalized spacial score (nSPS) is 15.0. The molecule has 0 spiro atoms. The number of nitrogens with zero attached hydrogens (tertiary/aromatic N) is 1. The summed E-state index contributed by atoms with van der Waals surface area (Å²) in [5.74, 6) is 3.49. The molecule has 1 aliphatic rings. The number of ether oxygens (including phenoxy) is 1. The van der Waals surface area contributed by atoms with E-state index < -0.39 is 0 Å². The van der Waals surface area contributed by atoms with Crippen molar-refractivity contribution in [3.63, 3.8) is 0 Å². The van der Waals surface area contributed by atoms with Gasteiger partial charge in [0.2, 0.25) is 0 Å². The molecule has 132 valence electrons. The number of likely N-dealkylation sites (tertiary alicyclic amines) is 1. The van der Waals surface area contributed by atoms with E-state index in [4.69, 9.17) is 4.74 Å². The van der Waals surface area contributed by atoms with Crippen LogP contribution in [0, 0.1) is 5.92 Å². The van der Waals surface area contributed by atoms with Gasteiger partial charge in [0.25, 0.3) is 0 Å². The van der Waals surface area contributed by atoms with Crippen molar-refractivity contribution in [2.75, 3.05) is 30.4 Å². The van der Waals surface area contributed by atoms with E-state index in [1.54, 1.807) is 0 Å². The van der Waals surface area contributed by atoms with Crippen LogP contribution < -0.4 is 10.1 Å². The van der Waals surface area contributed by atoms with Gasteiger partial charge in [-0.2, -0.15) is 11.8 Å². The number of piperidine rings is 1. The molecule has 1 aliphatic heterocycles. The van der Waals surface area contributed by atoms with Gasteiger partial charge in [-0.3, -0.25) is 0 Å². The number of carbonyl (C=O) groups is 1. The second-order valence-corrected chi connectivity index (χ2v) is 7.17. The lowest BCUT2D eigenvalue weighted by atomic mass is 9.99. The first-order chi connectivity index (χ1) is 12.2. The average Bonchev–Trinajstić information content (AvgIpc) is 2.65. The molecule has 0 atom stereocenters. The summed E-state index contributed by atoms with van der Waals surface area (Å²) in [5.41, 5.74) is 0.789. The molecule has 1 N–H and O–H groups in total. The minimum atomic E-state index is -0.0145. The van der Waals surface area contributed by atoms with Crippen LogP contribution in [-0.2, 0) is 0 Å². The van der Waals surface area contributed by atoms with Crippen LogP contribution in [0.5, 0.6) is 11.5 Å². The zero-order valence-electron chi connectivity index (χ0n) is 14.5. The molecule has 0 saturated carbocycles. The van der Waals surface area contributed by atoms with E-state index >= 15 is 0 Å². The number of hydrogen-bond acceptors (Lipinski definition) is 3. The van der Waals surface area contributed by atoms with Crippen LogP contribution >= 0.6 is 11.8 Å². The zero-order chi connectivity index (χ0) is 17.5. The van der Waals surface area contributed by atoms with Crippen molar-refractivity contribution in [2.24, 2.45) is 5.92 Å². The lowest BCUT2D eigenvalue weighted by Crippen LogP contribution is -2.41. The van der Waals surface area contributed by atoms with Gasteiger partial charge in [0.15, 0.2) is 0 Å². The highest BCUT2D eigenvalue weighted by molar-refractivity contribution is 7.98. The van der Waals surface area contributed by atoms with Crippen LogP contribution in [-0.4, -0.2) is 36.0 Å². The molecule has 2 amide bonds. The molecule has 1 heterocycles. The number of anilines is 1. The Bertz CT molecular complexity index is 668. The molecule has 0 bridgehead atoms. The number of rotatable bonds is 5. The minimum absolute atomic E-state index is 0.0145. The maximum Gasteiger partial charge on any atom is 0.321 e. The van der Waals surface area contributed by atoms with Crippen LogP contribution in [0.25, 0.3) is 0 Å². The SMILES string of the molecule is CSCC1CCN(C(=O)Nc2ccc(Oc3ccccc3)cc2)CC1. The summed E-state index contributed by atoms with van der Waals surface area (Å²) in [4.78, 5) is 14.3. The molecule has 1 saturated heterocycles. The van der Waals surface area contributed by atoms with Crippen LogP contribution in [0.3, 0.4) is 0 Å². The largest absolute Gasteiger partial charge is 0.457 e. The first-order valence-electron chi connectivity index (χ1n) is 8.62. The Labute approximate surface area is 153 Å². The number of benzene rings is 2. The van der Waals surface area contributed by atoms with Gasteiger partial charge in [0, 0.05) is 18.8 Å². The summed E-state index contributed by atoms with van der Waals surface area (Å²) in [6.45, 7) is 1.68. The van der Waals surface area contributed by atoms with Gasteiger partial charge in [-0.05, 0) is 67.2 Å². The molecule has 2 aromatic carbocycles. The van der Waals surface area contributed by atoms with Crippen molar-refractivity contribution < 1.29 is 9.53 Å². The van der Waals surface area contributed by atoms with Crippen molar-refractivity contribution in [1.29, 1.82) is 0 Å². The van der Waals surface area contributed by atoms with E-state index in [1.807, 2.05) is 71.3 Å². The van der Waals surface area contributed by atoms with E-state index in [2.05, 4.69) is 11.6 Å². The summed E-state index contributed by atoms with van der Waals surface area (Å²) in [5, 5.41) is 2.98. The minimum Gasteiger partial charge on any atom is -0.457 e. The zero-order valence-corrected chi connectivity index (χ0v) is 15.3. The molecule has 5 heteroatoms. The molecule has 2 aromatic rings. The fourth-order valence-electron chi connectivity index (χ4n) is 2.97. The highest BCUT2D eigenvalue weighted by atomic mass is 32.2. The highest BCUT2D eigenvalue weighted by Crippen LogP contribution is 2.24. The summed E-state index contributed by atoms with van der Waals surface area (Å²) >= 11 is 1.89. The monoisotopic (exact) mass is 356 g/mol. The topological polar surface area (TPSA) is 41.6 Å². The maximum absolute atomic E-state index is 12.4. The van der Waals surface area contributed by atoms with E-state index in [9.17, 15) is 4.79 Å². The van der Waals surface area contributed by atoms with Crippen molar-refractivity contribution in [3.8, 4) is 11.5 Å². The van der Waals surface area contributed by atoms with E-state index in [0.29, 0.717) is 0 Å². The van der Waals surface area contributed by atoms with Gasteiger partial charge < -0.3 is 15.0 Å². The van der Waals surface area contributed by atoms with Crippen molar-refractivity contribution in [2.45, 2.75) is 12.8 Å². The third kappa shape index (κ3) is 5.16. The van der Waals surface area contributed by atoms with Crippen LogP contribution in [0.15, 0.2) is 54.6 Å². The van der Waals surface area contributed by atoms with E-state index in [1.165, 1.54) is 5.75 Å². The summed E-state index contributed by atoms with van der Waals surface area (Å²) in [6, 6.07) is 17.1. The summed E-state index contributed by atoms with van der Waals surface area (Å²) in [7, 11) is 0. The van der Waals surface area contributed by atoms with Crippen LogP contribution in [0.1, 0.15) is 12.8 Å². The Balaban J connectivity index is 1.50. The molecule has 3 rings (SSSR count). The quantitative estimate of drug-likeness (QED) is 0.812. The first-order valence-corrected chi connectivity index (χ1v) is 10.0. The number of carbonyl (C=O) groups excluding carboxylic acids is 1. The average molecular weight is 356 g/mol. The third-order valence-electron chi connectivity index (χ3n) is 4.39. The molecule has 1 fully saturated rings. The van der Waals surface area contributed by atoms with Gasteiger partial charge in [-0.25, -0.2) is 4.79 Å². The molecule has 0 unspecified atom stereocenters. The van der Waals surface area contributed by atoms with Gasteiger partial charge in [0.05, 0.1) is 0 Å². The fraction of sp³-hybridized carbons (Fsp3) is 0.350. The number of amides is 2. The first kappa shape index (κ1) is 17.7. The van der Waals surface area contributed by atoms with E-state index in [-0.39, 0.29) is 6.03 Å². The Morgan fingerprint density at radius 3 is 2.36 bits per heavy atom. The Hall–Kier alpha value is -2.14. The van der Waals surface area contributed by atoms with Crippen molar-refractivity contribution in [3.05, 3.63) is 54.6 Å². The maximum atomic E-state index is 12.4. The smallest absolute Gasteiger partial charge is 0.321 e. The molecule has 25 heavy (non-hydrogen) atoms. The van der Waals surface area contributed by atoms with E-state index in [0.717, 1.165) is 49.0 Å². The Kier molecular flexibility index (Phi) is 6.23. The van der Waals surface area contributed by atoms with Crippen LogP contribution in [0.2, 0.25) is 0 Å². The van der Waals surface area contributed by atoms with Crippen molar-refractivity contribution in [1.82, 2.24) is 4.90 Å². The van der Waals surface area contributed by atoms with Gasteiger partial charge in [-0.15, -0.1) is 0 Å². The number of hydrogen-bond donors (Lipinski definition) is 1. The van der Waals surface area contributed by atoms with Crippen molar-refractivity contribution >= 4 is 23.5 Å². The molecule has 0 radical (unpaired) electrons. The highest BCUT2D eigenvalue weighted by Gasteiger charge is 2.22. The molecule has 4 nitrogen and oxygen atoms in total. The lowest BCUT2D eigenvalue weighted by molar-refractivity contribution is 0.187. The van der Waals surface area contributed by atoms with Gasteiger partial charge in [0.1, 0.15) is 11.5 Å². The number of nitrogens with one attached hydrogen (secondary N) is 1. The van der Waals surface area contributed by atoms with Gasteiger partial charge in [-0.1, -0.05) is 18.2 Å². The fourth-order valence-corrected chi connectivity index (χ4v) is 3.78.